The monoisotopic (exact) mass is 248 g/mol. The number of hydrogen-bond acceptors (Lipinski definition) is 3. The van der Waals surface area contributed by atoms with Crippen molar-refractivity contribution < 1.29 is 9.90 Å². The fourth-order valence-corrected chi connectivity index (χ4v) is 2.51. The molecular weight excluding hydrogens is 228 g/mol. The van der Waals surface area contributed by atoms with Gasteiger partial charge in [-0.05, 0) is 24.6 Å². The summed E-state index contributed by atoms with van der Waals surface area (Å²) in [5, 5.41) is 12.4. The molecule has 1 fully saturated rings. The lowest BCUT2D eigenvalue weighted by molar-refractivity contribution is 0.0697. The first-order valence-electron chi connectivity index (χ1n) is 6.53. The predicted octanol–water partition coefficient (Wildman–Crippen LogP) is 1.96. The number of benzene rings is 1. The van der Waals surface area contributed by atoms with Gasteiger partial charge in [-0.2, -0.15) is 0 Å². The van der Waals surface area contributed by atoms with Crippen LogP contribution in [-0.4, -0.2) is 36.8 Å². The first-order valence-corrected chi connectivity index (χ1v) is 6.53. The van der Waals surface area contributed by atoms with Gasteiger partial charge in [-0.15, -0.1) is 0 Å². The molecule has 1 aromatic carbocycles. The molecule has 1 saturated heterocycles. The molecule has 1 aromatic rings. The zero-order chi connectivity index (χ0) is 13.0. The maximum atomic E-state index is 11.0. The minimum absolute atomic E-state index is 0.362. The van der Waals surface area contributed by atoms with Gasteiger partial charge in [0.2, 0.25) is 0 Å². The SMILES string of the molecule is CCC[C@H]1CNCCN1c1cccc(C(=O)O)c1. The Hall–Kier alpha value is -1.55. The molecule has 0 aliphatic carbocycles. The average molecular weight is 248 g/mol. The molecule has 98 valence electrons. The third-order valence-electron chi connectivity index (χ3n) is 3.40. The Bertz CT molecular complexity index is 418. The second-order valence-electron chi connectivity index (χ2n) is 4.70. The van der Waals surface area contributed by atoms with Gasteiger partial charge in [-0.3, -0.25) is 0 Å². The molecule has 0 amide bonds. The first-order chi connectivity index (χ1) is 8.72. The third kappa shape index (κ3) is 2.82. The summed E-state index contributed by atoms with van der Waals surface area (Å²) >= 11 is 0. The van der Waals surface area contributed by atoms with Crippen molar-refractivity contribution in [2.24, 2.45) is 0 Å². The first kappa shape index (κ1) is 12.9. The van der Waals surface area contributed by atoms with Gasteiger partial charge in [0.05, 0.1) is 5.56 Å². The van der Waals surface area contributed by atoms with Crippen LogP contribution in [0.15, 0.2) is 24.3 Å². The van der Waals surface area contributed by atoms with Gasteiger partial charge in [0.15, 0.2) is 0 Å². The molecule has 0 saturated carbocycles. The molecular formula is C14H20N2O2. The molecule has 0 radical (unpaired) electrons. The van der Waals surface area contributed by atoms with Gasteiger partial charge in [-0.25, -0.2) is 4.79 Å². The summed E-state index contributed by atoms with van der Waals surface area (Å²) in [5.41, 5.74) is 1.39. The van der Waals surface area contributed by atoms with Crippen LogP contribution in [-0.2, 0) is 0 Å². The second-order valence-corrected chi connectivity index (χ2v) is 4.70. The molecule has 1 aliphatic rings. The van der Waals surface area contributed by atoms with Crippen LogP contribution in [0.2, 0.25) is 0 Å². The van der Waals surface area contributed by atoms with E-state index < -0.39 is 5.97 Å². The summed E-state index contributed by atoms with van der Waals surface area (Å²) in [6.07, 6.45) is 2.27. The Morgan fingerprint density at radius 2 is 2.39 bits per heavy atom. The van der Waals surface area contributed by atoms with Gasteiger partial charge >= 0.3 is 5.97 Å². The van der Waals surface area contributed by atoms with Crippen molar-refractivity contribution in [3.05, 3.63) is 29.8 Å². The highest BCUT2D eigenvalue weighted by Gasteiger charge is 2.22. The van der Waals surface area contributed by atoms with E-state index in [0.717, 1.165) is 38.2 Å². The molecule has 0 spiro atoms. The molecule has 4 nitrogen and oxygen atoms in total. The number of aromatic carboxylic acids is 1. The molecule has 0 aromatic heterocycles. The Labute approximate surface area is 108 Å². The largest absolute Gasteiger partial charge is 0.478 e. The number of carboxylic acid groups (broad SMARTS) is 1. The van der Waals surface area contributed by atoms with Gasteiger partial charge < -0.3 is 15.3 Å². The van der Waals surface area contributed by atoms with Crippen LogP contribution in [0.25, 0.3) is 0 Å². The highest BCUT2D eigenvalue weighted by molar-refractivity contribution is 5.88. The van der Waals surface area contributed by atoms with Crippen molar-refractivity contribution in [1.29, 1.82) is 0 Å². The van der Waals surface area contributed by atoms with E-state index in [1.807, 2.05) is 12.1 Å². The lowest BCUT2D eigenvalue weighted by atomic mass is 10.1. The molecule has 2 N–H and O–H groups in total. The van der Waals surface area contributed by atoms with Crippen molar-refractivity contribution in [2.75, 3.05) is 24.5 Å². The van der Waals surface area contributed by atoms with E-state index in [1.54, 1.807) is 12.1 Å². The van der Waals surface area contributed by atoms with Crippen molar-refractivity contribution in [2.45, 2.75) is 25.8 Å². The van der Waals surface area contributed by atoms with Crippen LogP contribution >= 0.6 is 0 Å². The minimum Gasteiger partial charge on any atom is -0.478 e. The minimum atomic E-state index is -0.862. The Morgan fingerprint density at radius 3 is 3.11 bits per heavy atom. The maximum absolute atomic E-state index is 11.0. The van der Waals surface area contributed by atoms with Crippen molar-refractivity contribution in [3.63, 3.8) is 0 Å². The molecule has 18 heavy (non-hydrogen) atoms. The lowest BCUT2D eigenvalue weighted by Crippen LogP contribution is -2.51. The van der Waals surface area contributed by atoms with Crippen LogP contribution in [0.5, 0.6) is 0 Å². The zero-order valence-electron chi connectivity index (χ0n) is 10.7. The zero-order valence-corrected chi connectivity index (χ0v) is 10.7. The van der Waals surface area contributed by atoms with E-state index in [9.17, 15) is 4.79 Å². The Kier molecular flexibility index (Phi) is 4.20. The van der Waals surface area contributed by atoms with E-state index in [4.69, 9.17) is 5.11 Å². The number of rotatable bonds is 4. The van der Waals surface area contributed by atoms with Crippen LogP contribution in [0, 0.1) is 0 Å². The molecule has 1 atom stereocenters. The molecule has 4 heteroatoms. The summed E-state index contributed by atoms with van der Waals surface area (Å²) in [6, 6.07) is 7.71. The van der Waals surface area contributed by atoms with Gasteiger partial charge in [0.25, 0.3) is 0 Å². The molecule has 0 bridgehead atoms. The van der Waals surface area contributed by atoms with E-state index in [0.29, 0.717) is 11.6 Å². The third-order valence-corrected chi connectivity index (χ3v) is 3.40. The van der Waals surface area contributed by atoms with E-state index in [1.165, 1.54) is 0 Å². The van der Waals surface area contributed by atoms with E-state index >= 15 is 0 Å². The van der Waals surface area contributed by atoms with Gasteiger partial charge in [0, 0.05) is 31.4 Å². The Morgan fingerprint density at radius 1 is 1.56 bits per heavy atom. The topological polar surface area (TPSA) is 52.6 Å². The standard InChI is InChI=1S/C14H20N2O2/c1-2-4-13-10-15-7-8-16(13)12-6-3-5-11(9-12)14(17)18/h3,5-6,9,13,15H,2,4,7-8,10H2,1H3,(H,17,18)/t13-/m0/s1. The van der Waals surface area contributed by atoms with Gasteiger partial charge in [-0.1, -0.05) is 19.4 Å². The smallest absolute Gasteiger partial charge is 0.335 e. The Balaban J connectivity index is 2.22. The summed E-state index contributed by atoms with van der Waals surface area (Å²) in [4.78, 5) is 13.3. The summed E-state index contributed by atoms with van der Waals surface area (Å²) in [5.74, 6) is -0.862. The summed E-state index contributed by atoms with van der Waals surface area (Å²) in [6.45, 7) is 5.05. The number of nitrogens with zero attached hydrogens (tertiary/aromatic N) is 1. The van der Waals surface area contributed by atoms with E-state index in [-0.39, 0.29) is 0 Å². The highest BCUT2D eigenvalue weighted by atomic mass is 16.4. The second kappa shape index (κ2) is 5.87. The lowest BCUT2D eigenvalue weighted by Gasteiger charge is -2.38. The molecule has 1 aliphatic heterocycles. The van der Waals surface area contributed by atoms with E-state index in [2.05, 4.69) is 17.1 Å². The normalized spacial score (nSPS) is 19.8. The van der Waals surface area contributed by atoms with Crippen LogP contribution in [0.4, 0.5) is 5.69 Å². The predicted molar refractivity (Wildman–Crippen MR) is 72.3 cm³/mol. The van der Waals surface area contributed by atoms with Crippen molar-refractivity contribution in [1.82, 2.24) is 5.32 Å². The number of carbonyl (C=O) groups is 1. The molecule has 0 unspecified atom stereocenters. The fourth-order valence-electron chi connectivity index (χ4n) is 2.51. The number of nitrogens with one attached hydrogen (secondary N) is 1. The number of anilines is 1. The van der Waals surface area contributed by atoms with Crippen LogP contribution in [0.1, 0.15) is 30.1 Å². The summed E-state index contributed by atoms with van der Waals surface area (Å²) < 4.78 is 0. The van der Waals surface area contributed by atoms with Crippen molar-refractivity contribution >= 4 is 11.7 Å². The van der Waals surface area contributed by atoms with Crippen LogP contribution in [0.3, 0.4) is 0 Å². The maximum Gasteiger partial charge on any atom is 0.335 e. The number of piperazine rings is 1. The summed E-state index contributed by atoms with van der Waals surface area (Å²) in [7, 11) is 0. The number of carboxylic acids is 1. The highest BCUT2D eigenvalue weighted by Crippen LogP contribution is 2.22. The molecule has 1 heterocycles. The molecule has 2 rings (SSSR count). The number of hydrogen-bond donors (Lipinski definition) is 2. The fraction of sp³-hybridized carbons (Fsp3) is 0.500. The van der Waals surface area contributed by atoms with Crippen molar-refractivity contribution in [3.8, 4) is 0 Å². The average Bonchev–Trinajstić information content (AvgIpc) is 2.40. The quantitative estimate of drug-likeness (QED) is 0.855. The van der Waals surface area contributed by atoms with Gasteiger partial charge in [0.1, 0.15) is 0 Å². The van der Waals surface area contributed by atoms with Crippen LogP contribution < -0.4 is 10.2 Å².